The van der Waals surface area contributed by atoms with Gasteiger partial charge in [-0.2, -0.15) is 10.5 Å². The molecule has 0 aliphatic carbocycles. The quantitative estimate of drug-likeness (QED) is 0.215. The topological polar surface area (TPSA) is 97.1 Å². The van der Waals surface area contributed by atoms with Crippen molar-refractivity contribution >= 4 is 45.2 Å². The summed E-state index contributed by atoms with van der Waals surface area (Å²) in [6, 6.07) is 3.54. The van der Waals surface area contributed by atoms with Gasteiger partial charge in [-0.25, -0.2) is 0 Å². The Kier molecular flexibility index (Phi) is 5.50. The Morgan fingerprint density at radius 3 is 2.67 bits per heavy atom. The third-order valence-electron chi connectivity index (χ3n) is 2.03. The molecular formula is C11H8I2N4O. The van der Waals surface area contributed by atoms with E-state index < -0.39 is 0 Å². The van der Waals surface area contributed by atoms with Crippen molar-refractivity contribution in [3.63, 3.8) is 0 Å². The van der Waals surface area contributed by atoms with Crippen molar-refractivity contribution in [3.8, 4) is 12.1 Å². The highest BCUT2D eigenvalue weighted by Gasteiger charge is 2.18. The lowest BCUT2D eigenvalue weighted by atomic mass is 10.2. The zero-order chi connectivity index (χ0) is 13.7. The Hall–Kier alpha value is -1.20. The number of halogens is 2. The van der Waals surface area contributed by atoms with Crippen molar-refractivity contribution in [2.75, 3.05) is 0 Å². The molecule has 5 nitrogen and oxygen atoms in total. The highest BCUT2D eigenvalue weighted by atomic mass is 127. The van der Waals surface area contributed by atoms with Crippen LogP contribution in [0.1, 0.15) is 0 Å². The van der Waals surface area contributed by atoms with Crippen molar-refractivity contribution in [3.05, 3.63) is 45.2 Å². The fourth-order valence-corrected chi connectivity index (χ4v) is 3.31. The van der Waals surface area contributed by atoms with Crippen LogP contribution >= 0.6 is 45.2 Å². The summed E-state index contributed by atoms with van der Waals surface area (Å²) in [5.41, 5.74) is 5.29. The number of nitrogens with zero attached hydrogens (tertiary/aromatic N) is 3. The maximum Gasteiger partial charge on any atom is 0.193 e. The van der Waals surface area contributed by atoms with Gasteiger partial charge in [-0.15, -0.1) is 0 Å². The van der Waals surface area contributed by atoms with Gasteiger partial charge in [0, 0.05) is 15.9 Å². The van der Waals surface area contributed by atoms with Crippen molar-refractivity contribution in [1.29, 1.82) is 10.5 Å². The van der Waals surface area contributed by atoms with Crippen LogP contribution in [0.3, 0.4) is 0 Å². The van der Waals surface area contributed by atoms with Crippen LogP contribution in [0.4, 0.5) is 0 Å². The summed E-state index contributed by atoms with van der Waals surface area (Å²) in [7, 11) is 0. The molecule has 0 aromatic rings. The predicted octanol–water partition coefficient (Wildman–Crippen LogP) is 2.56. The maximum atomic E-state index is 9.78. The molecule has 0 amide bonds. The summed E-state index contributed by atoms with van der Waals surface area (Å²) in [6.45, 7) is 0. The van der Waals surface area contributed by atoms with Gasteiger partial charge in [-0.05, 0) is 34.7 Å². The molecule has 0 aromatic heterocycles. The summed E-state index contributed by atoms with van der Waals surface area (Å²) in [4.78, 5) is 1.56. The molecule has 0 bridgehead atoms. The third kappa shape index (κ3) is 3.65. The van der Waals surface area contributed by atoms with E-state index in [1.165, 1.54) is 12.3 Å². The van der Waals surface area contributed by atoms with Crippen molar-refractivity contribution in [1.82, 2.24) is 4.90 Å². The van der Waals surface area contributed by atoms with Gasteiger partial charge in [0.1, 0.15) is 21.9 Å². The zero-order valence-corrected chi connectivity index (χ0v) is 13.3. The first kappa shape index (κ1) is 14.9. The molecule has 1 heterocycles. The number of hydrogen-bond donors (Lipinski definition) is 2. The Bertz CT molecular complexity index is 548. The number of allylic oxidation sites excluding steroid dienone is 5. The molecular weight excluding hydrogens is 458 g/mol. The van der Waals surface area contributed by atoms with Gasteiger partial charge in [0.2, 0.25) is 0 Å². The number of rotatable bonds is 2. The Morgan fingerprint density at radius 1 is 1.50 bits per heavy atom. The number of alkyl halides is 1. The van der Waals surface area contributed by atoms with E-state index in [1.807, 2.05) is 12.1 Å². The lowest BCUT2D eigenvalue weighted by Gasteiger charge is -2.26. The van der Waals surface area contributed by atoms with Crippen LogP contribution in [-0.2, 0) is 0 Å². The van der Waals surface area contributed by atoms with E-state index in [0.29, 0.717) is 0 Å². The molecule has 0 aromatic carbocycles. The summed E-state index contributed by atoms with van der Waals surface area (Å²) in [5, 5.41) is 27.2. The van der Waals surface area contributed by atoms with Crippen LogP contribution in [-0.4, -0.2) is 14.1 Å². The van der Waals surface area contributed by atoms with E-state index in [9.17, 15) is 5.11 Å². The SMILES string of the molecule is N#C/C(N)=C(C#N)\C=C\N1C(O)=CC(I)=CC1I. The van der Waals surface area contributed by atoms with Crippen LogP contribution in [0.25, 0.3) is 0 Å². The molecule has 1 atom stereocenters. The van der Waals surface area contributed by atoms with Gasteiger partial charge in [-0.3, -0.25) is 0 Å². The van der Waals surface area contributed by atoms with Crippen LogP contribution in [0.15, 0.2) is 45.2 Å². The Morgan fingerprint density at radius 2 is 2.17 bits per heavy atom. The molecule has 0 fully saturated rings. The van der Waals surface area contributed by atoms with Crippen LogP contribution in [0.2, 0.25) is 0 Å². The van der Waals surface area contributed by atoms with Gasteiger partial charge in [0.15, 0.2) is 5.88 Å². The molecule has 1 unspecified atom stereocenters. The molecule has 18 heavy (non-hydrogen) atoms. The molecule has 7 heteroatoms. The summed E-state index contributed by atoms with van der Waals surface area (Å²) < 4.78 is 0.862. The van der Waals surface area contributed by atoms with Crippen molar-refractivity contribution in [2.45, 2.75) is 4.05 Å². The van der Waals surface area contributed by atoms with E-state index in [-0.39, 0.29) is 21.2 Å². The standard InChI is InChI=1S/C11H8I2N4O/c12-8-3-10(13)17(11(18)4-8)2-1-7(5-14)9(16)6-15/h1-4,10,18H,16H2/b2-1+,9-7-. The first-order chi connectivity index (χ1) is 8.49. The smallest absolute Gasteiger partial charge is 0.193 e. The average Bonchev–Trinajstić information content (AvgIpc) is 2.31. The largest absolute Gasteiger partial charge is 0.494 e. The fraction of sp³-hybridized carbons (Fsp3) is 0.0909. The molecule has 1 aliphatic heterocycles. The second kappa shape index (κ2) is 6.66. The highest BCUT2D eigenvalue weighted by molar-refractivity contribution is 14.1. The summed E-state index contributed by atoms with van der Waals surface area (Å²) in [5.74, 6) is 0.0744. The average molecular weight is 466 g/mol. The molecule has 1 rings (SSSR count). The van der Waals surface area contributed by atoms with E-state index in [1.54, 1.807) is 17.0 Å². The molecule has 0 radical (unpaired) electrons. The minimum absolute atomic E-state index is 0.0677. The van der Waals surface area contributed by atoms with Crippen LogP contribution < -0.4 is 5.73 Å². The summed E-state index contributed by atoms with van der Waals surface area (Å²) in [6.07, 6.45) is 6.46. The van der Waals surface area contributed by atoms with Gasteiger partial charge in [0.05, 0.1) is 5.57 Å². The predicted molar refractivity (Wildman–Crippen MR) is 84.0 cm³/mol. The first-order valence-corrected chi connectivity index (χ1v) is 7.00. The number of nitrogens with two attached hydrogens (primary N) is 1. The third-order valence-corrected chi connectivity index (χ3v) is 3.66. The lowest BCUT2D eigenvalue weighted by molar-refractivity contribution is 0.260. The Labute approximate surface area is 132 Å². The fourth-order valence-electron chi connectivity index (χ4n) is 1.14. The van der Waals surface area contributed by atoms with Gasteiger partial charge >= 0.3 is 0 Å². The lowest BCUT2D eigenvalue weighted by Crippen LogP contribution is -2.25. The molecule has 0 saturated heterocycles. The second-order valence-corrected chi connectivity index (χ2v) is 5.72. The van der Waals surface area contributed by atoms with Gasteiger partial charge in [-0.1, -0.05) is 22.6 Å². The second-order valence-electron chi connectivity index (χ2n) is 3.20. The molecule has 92 valence electrons. The highest BCUT2D eigenvalue weighted by Crippen LogP contribution is 2.26. The van der Waals surface area contributed by atoms with Gasteiger partial charge < -0.3 is 15.7 Å². The minimum Gasteiger partial charge on any atom is -0.494 e. The van der Waals surface area contributed by atoms with E-state index in [2.05, 4.69) is 45.2 Å². The number of nitriles is 2. The number of aliphatic hydroxyl groups is 1. The molecule has 0 spiro atoms. The van der Waals surface area contributed by atoms with Crippen LogP contribution in [0, 0.1) is 22.7 Å². The van der Waals surface area contributed by atoms with E-state index in [4.69, 9.17) is 16.3 Å². The summed E-state index contributed by atoms with van der Waals surface area (Å²) >= 11 is 4.24. The van der Waals surface area contributed by atoms with Crippen molar-refractivity contribution in [2.24, 2.45) is 5.73 Å². The molecule has 1 aliphatic rings. The first-order valence-electron chi connectivity index (χ1n) is 4.68. The monoisotopic (exact) mass is 466 g/mol. The molecule has 3 N–H and O–H groups in total. The number of hydrogen-bond acceptors (Lipinski definition) is 5. The minimum atomic E-state index is -0.149. The molecule has 0 saturated carbocycles. The zero-order valence-electron chi connectivity index (χ0n) is 9.01. The van der Waals surface area contributed by atoms with E-state index >= 15 is 0 Å². The normalized spacial score (nSPS) is 20.7. The Balaban J connectivity index is 2.98. The van der Waals surface area contributed by atoms with Crippen molar-refractivity contribution < 1.29 is 5.11 Å². The number of aliphatic hydroxyl groups excluding tert-OH is 1. The maximum absolute atomic E-state index is 9.78. The van der Waals surface area contributed by atoms with Gasteiger partial charge in [0.25, 0.3) is 0 Å². The van der Waals surface area contributed by atoms with Crippen LogP contribution in [0.5, 0.6) is 0 Å². The van der Waals surface area contributed by atoms with E-state index in [0.717, 1.165) is 3.58 Å².